The van der Waals surface area contributed by atoms with Crippen LogP contribution in [0, 0.1) is 0 Å². The van der Waals surface area contributed by atoms with Gasteiger partial charge in [-0.1, -0.05) is 41.9 Å². The van der Waals surface area contributed by atoms with Crippen molar-refractivity contribution in [3.05, 3.63) is 70.3 Å². The summed E-state index contributed by atoms with van der Waals surface area (Å²) >= 11 is 3.34. The Morgan fingerprint density at radius 2 is 1.55 bits per heavy atom. The zero-order chi connectivity index (χ0) is 21.0. The highest BCUT2D eigenvalue weighted by molar-refractivity contribution is 9.10. The maximum atomic E-state index is 13.4. The minimum absolute atomic E-state index is 0.0686. The molecule has 0 radical (unpaired) electrons. The third-order valence-corrected chi connectivity index (χ3v) is 5.08. The first-order valence-corrected chi connectivity index (χ1v) is 9.89. The largest absolute Gasteiger partial charge is 0.421 e. The monoisotopic (exact) mass is 464 g/mol. The lowest BCUT2D eigenvalue weighted by atomic mass is 9.99. The lowest BCUT2D eigenvalue weighted by molar-refractivity contribution is -0.137. The highest BCUT2D eigenvalue weighted by Gasteiger charge is 2.35. The van der Waals surface area contributed by atoms with E-state index >= 15 is 0 Å². The molecule has 8 heteroatoms. The van der Waals surface area contributed by atoms with E-state index in [1.165, 1.54) is 0 Å². The van der Waals surface area contributed by atoms with Crippen molar-refractivity contribution in [1.29, 1.82) is 0 Å². The van der Waals surface area contributed by atoms with Gasteiger partial charge < -0.3 is 10.6 Å². The lowest BCUT2D eigenvalue weighted by Crippen LogP contribution is -2.12. The Morgan fingerprint density at radius 3 is 2.14 bits per heavy atom. The molecule has 4 nitrogen and oxygen atoms in total. The number of nitrogens with zero attached hydrogens (tertiary/aromatic N) is 2. The van der Waals surface area contributed by atoms with Crippen molar-refractivity contribution in [3.63, 3.8) is 0 Å². The fourth-order valence-corrected chi connectivity index (χ4v) is 2.94. The Hall–Kier alpha value is -2.61. The van der Waals surface area contributed by atoms with Gasteiger partial charge in [0.2, 0.25) is 5.95 Å². The number of aromatic nitrogens is 2. The normalized spacial score (nSPS) is 12.5. The summed E-state index contributed by atoms with van der Waals surface area (Å²) in [6, 6.07) is 14.5. The fourth-order valence-electron chi connectivity index (χ4n) is 2.67. The van der Waals surface area contributed by atoms with Crippen LogP contribution in [0.3, 0.4) is 0 Å². The number of nitrogens with one attached hydrogen (secondary N) is 2. The summed E-state index contributed by atoms with van der Waals surface area (Å²) < 4.78 is 41.2. The molecule has 3 aromatic rings. The maximum absolute atomic E-state index is 13.4. The standard InChI is InChI=1S/C21H20BrF3N4/c1-3-13(2)14-4-8-16(9-5-14)27-19-18(21(23,24)25)12-26-20(29-19)28-17-10-6-15(22)7-11-17/h4-13H,3H2,1-2H3,(H2,26,27,28,29). The molecule has 2 aromatic carbocycles. The highest BCUT2D eigenvalue weighted by Crippen LogP contribution is 2.35. The number of hydrogen-bond donors (Lipinski definition) is 2. The van der Waals surface area contributed by atoms with Crippen LogP contribution in [0.1, 0.15) is 37.3 Å². The van der Waals surface area contributed by atoms with Crippen LogP contribution in [0.2, 0.25) is 0 Å². The van der Waals surface area contributed by atoms with Crippen LogP contribution < -0.4 is 10.6 Å². The van der Waals surface area contributed by atoms with Gasteiger partial charge in [-0.25, -0.2) is 4.98 Å². The average molecular weight is 465 g/mol. The van der Waals surface area contributed by atoms with E-state index in [0.717, 1.165) is 22.7 Å². The summed E-state index contributed by atoms with van der Waals surface area (Å²) in [4.78, 5) is 7.88. The van der Waals surface area contributed by atoms with Gasteiger partial charge >= 0.3 is 6.18 Å². The van der Waals surface area contributed by atoms with E-state index in [-0.39, 0.29) is 11.8 Å². The molecular formula is C21H20BrF3N4. The molecule has 0 aliphatic carbocycles. The van der Waals surface area contributed by atoms with Crippen molar-refractivity contribution < 1.29 is 13.2 Å². The second-order valence-corrected chi connectivity index (χ2v) is 7.56. The fraction of sp³-hybridized carbons (Fsp3) is 0.238. The molecule has 0 spiro atoms. The Balaban J connectivity index is 1.89. The van der Waals surface area contributed by atoms with Crippen LogP contribution in [0.5, 0.6) is 0 Å². The van der Waals surface area contributed by atoms with Gasteiger partial charge in [0.15, 0.2) is 0 Å². The first-order chi connectivity index (χ1) is 13.8. The van der Waals surface area contributed by atoms with Crippen LogP contribution in [0.15, 0.2) is 59.2 Å². The quantitative estimate of drug-likeness (QED) is 0.402. The minimum Gasteiger partial charge on any atom is -0.340 e. The molecule has 29 heavy (non-hydrogen) atoms. The second kappa shape index (κ2) is 8.82. The molecule has 0 saturated carbocycles. The van der Waals surface area contributed by atoms with Gasteiger partial charge in [0.1, 0.15) is 11.4 Å². The van der Waals surface area contributed by atoms with Gasteiger partial charge in [-0.2, -0.15) is 18.2 Å². The number of rotatable bonds is 6. The first-order valence-electron chi connectivity index (χ1n) is 9.10. The SMILES string of the molecule is CCC(C)c1ccc(Nc2nc(Nc3ccc(Br)cc3)ncc2C(F)(F)F)cc1. The van der Waals surface area contributed by atoms with E-state index in [2.05, 4.69) is 50.4 Å². The molecule has 0 saturated heterocycles. The summed E-state index contributed by atoms with van der Waals surface area (Å²) in [7, 11) is 0. The molecule has 0 aliphatic rings. The average Bonchev–Trinajstić information content (AvgIpc) is 2.69. The van der Waals surface area contributed by atoms with Crippen molar-refractivity contribution in [2.75, 3.05) is 10.6 Å². The van der Waals surface area contributed by atoms with Crippen molar-refractivity contribution in [2.24, 2.45) is 0 Å². The third kappa shape index (κ3) is 5.47. The zero-order valence-electron chi connectivity index (χ0n) is 15.9. The molecule has 0 amide bonds. The summed E-state index contributed by atoms with van der Waals surface area (Å²) in [6.45, 7) is 4.20. The van der Waals surface area contributed by atoms with Gasteiger partial charge in [-0.05, 0) is 54.3 Å². The summed E-state index contributed by atoms with van der Waals surface area (Å²) in [5.41, 5.74) is 1.40. The highest BCUT2D eigenvalue weighted by atomic mass is 79.9. The molecule has 0 fully saturated rings. The van der Waals surface area contributed by atoms with Crippen LogP contribution >= 0.6 is 15.9 Å². The number of anilines is 4. The molecule has 2 N–H and O–H groups in total. The molecule has 1 heterocycles. The van der Waals surface area contributed by atoms with E-state index < -0.39 is 11.7 Å². The van der Waals surface area contributed by atoms with Crippen molar-refractivity contribution >= 4 is 39.1 Å². The molecule has 1 aromatic heterocycles. The van der Waals surface area contributed by atoms with E-state index in [1.54, 1.807) is 24.3 Å². The topological polar surface area (TPSA) is 49.8 Å². The minimum atomic E-state index is -4.57. The van der Waals surface area contributed by atoms with Gasteiger partial charge in [-0.3, -0.25) is 0 Å². The number of alkyl halides is 3. The van der Waals surface area contributed by atoms with Crippen molar-refractivity contribution in [3.8, 4) is 0 Å². The van der Waals surface area contributed by atoms with Gasteiger partial charge in [0.05, 0.1) is 0 Å². The summed E-state index contributed by atoms with van der Waals surface area (Å²) in [6.07, 6.45) is -2.80. The van der Waals surface area contributed by atoms with Crippen molar-refractivity contribution in [1.82, 2.24) is 9.97 Å². The molecule has 0 aliphatic heterocycles. The van der Waals surface area contributed by atoms with E-state index in [9.17, 15) is 13.2 Å². The lowest BCUT2D eigenvalue weighted by Gasteiger charge is -2.16. The third-order valence-electron chi connectivity index (χ3n) is 4.55. The molecular weight excluding hydrogens is 445 g/mol. The molecule has 1 unspecified atom stereocenters. The van der Waals surface area contributed by atoms with Crippen LogP contribution in [-0.4, -0.2) is 9.97 Å². The van der Waals surface area contributed by atoms with Crippen molar-refractivity contribution in [2.45, 2.75) is 32.4 Å². The van der Waals surface area contributed by atoms with Crippen LogP contribution in [0.4, 0.5) is 36.3 Å². The molecule has 152 valence electrons. The van der Waals surface area contributed by atoms with Crippen LogP contribution in [0.25, 0.3) is 0 Å². The maximum Gasteiger partial charge on any atom is 0.421 e. The molecule has 1 atom stereocenters. The Bertz CT molecular complexity index is 957. The Kier molecular flexibility index (Phi) is 6.42. The van der Waals surface area contributed by atoms with Gasteiger partial charge in [-0.15, -0.1) is 0 Å². The summed E-state index contributed by atoms with van der Waals surface area (Å²) in [5, 5.41) is 5.70. The molecule has 3 rings (SSSR count). The predicted octanol–water partition coefficient (Wildman–Crippen LogP) is 7.26. The van der Waals surface area contributed by atoms with E-state index in [1.807, 2.05) is 24.3 Å². The smallest absolute Gasteiger partial charge is 0.340 e. The molecule has 0 bridgehead atoms. The second-order valence-electron chi connectivity index (χ2n) is 6.64. The van der Waals surface area contributed by atoms with Gasteiger partial charge in [0, 0.05) is 22.0 Å². The predicted molar refractivity (Wildman–Crippen MR) is 113 cm³/mol. The van der Waals surface area contributed by atoms with Crippen LogP contribution in [-0.2, 0) is 6.18 Å². The van der Waals surface area contributed by atoms with E-state index in [0.29, 0.717) is 17.3 Å². The Labute approximate surface area is 175 Å². The van der Waals surface area contributed by atoms with E-state index in [4.69, 9.17) is 0 Å². The number of benzene rings is 2. The zero-order valence-corrected chi connectivity index (χ0v) is 17.5. The number of hydrogen-bond acceptors (Lipinski definition) is 4. The summed E-state index contributed by atoms with van der Waals surface area (Å²) in [5.74, 6) is 0.151. The first kappa shape index (κ1) is 21.1. The number of halogens is 4. The van der Waals surface area contributed by atoms with Gasteiger partial charge in [0.25, 0.3) is 0 Å². The Morgan fingerprint density at radius 1 is 0.966 bits per heavy atom.